The SMILES string of the molecule is CC1C(C)S(=O)(=O)CCN1CC(O)c1ccc(Cl)cc1. The molecule has 1 aliphatic rings. The Morgan fingerprint density at radius 3 is 2.55 bits per heavy atom. The molecule has 20 heavy (non-hydrogen) atoms. The first kappa shape index (κ1) is 15.8. The first-order valence-corrected chi connectivity index (χ1v) is 8.80. The predicted molar refractivity (Wildman–Crippen MR) is 80.7 cm³/mol. The second-order valence-electron chi connectivity index (χ2n) is 5.37. The van der Waals surface area contributed by atoms with Crippen molar-refractivity contribution in [2.45, 2.75) is 31.2 Å². The molecule has 1 saturated heterocycles. The van der Waals surface area contributed by atoms with Crippen LogP contribution >= 0.6 is 11.6 Å². The molecule has 0 amide bonds. The molecule has 1 N–H and O–H groups in total. The van der Waals surface area contributed by atoms with Crippen molar-refractivity contribution < 1.29 is 13.5 Å². The van der Waals surface area contributed by atoms with Gasteiger partial charge in [0.05, 0.1) is 17.1 Å². The van der Waals surface area contributed by atoms with Crippen LogP contribution in [-0.4, -0.2) is 48.6 Å². The Hall–Kier alpha value is -0.620. The largest absolute Gasteiger partial charge is 0.387 e. The van der Waals surface area contributed by atoms with Crippen molar-refractivity contribution >= 4 is 21.4 Å². The summed E-state index contributed by atoms with van der Waals surface area (Å²) in [6, 6.07) is 6.99. The molecule has 112 valence electrons. The van der Waals surface area contributed by atoms with Gasteiger partial charge < -0.3 is 5.11 Å². The number of β-amino-alcohol motifs (C(OH)–C–C–N with tert-alkyl or cyclic N) is 1. The van der Waals surface area contributed by atoms with E-state index in [4.69, 9.17) is 11.6 Å². The van der Waals surface area contributed by atoms with E-state index in [1.165, 1.54) is 0 Å². The van der Waals surface area contributed by atoms with E-state index >= 15 is 0 Å². The van der Waals surface area contributed by atoms with Crippen LogP contribution in [0.2, 0.25) is 5.02 Å². The molecule has 0 spiro atoms. The smallest absolute Gasteiger partial charge is 0.155 e. The van der Waals surface area contributed by atoms with Crippen molar-refractivity contribution in [2.24, 2.45) is 0 Å². The number of aliphatic hydroxyl groups is 1. The van der Waals surface area contributed by atoms with Crippen molar-refractivity contribution in [3.05, 3.63) is 34.9 Å². The highest BCUT2D eigenvalue weighted by Gasteiger charge is 2.36. The maximum absolute atomic E-state index is 11.8. The molecule has 3 unspecified atom stereocenters. The Balaban J connectivity index is 2.05. The molecule has 1 aromatic rings. The van der Waals surface area contributed by atoms with Gasteiger partial charge in [-0.25, -0.2) is 8.42 Å². The number of hydrogen-bond acceptors (Lipinski definition) is 4. The Morgan fingerprint density at radius 1 is 1.35 bits per heavy atom. The molecule has 1 aromatic carbocycles. The average molecular weight is 318 g/mol. The van der Waals surface area contributed by atoms with Crippen LogP contribution in [-0.2, 0) is 9.84 Å². The van der Waals surface area contributed by atoms with Crippen LogP contribution in [0.5, 0.6) is 0 Å². The monoisotopic (exact) mass is 317 g/mol. The number of hydrogen-bond donors (Lipinski definition) is 1. The third-order valence-electron chi connectivity index (χ3n) is 4.15. The van der Waals surface area contributed by atoms with Crippen LogP contribution in [0.4, 0.5) is 0 Å². The average Bonchev–Trinajstić information content (AvgIpc) is 2.40. The van der Waals surface area contributed by atoms with Gasteiger partial charge in [-0.15, -0.1) is 0 Å². The maximum atomic E-state index is 11.8. The van der Waals surface area contributed by atoms with E-state index in [1.54, 1.807) is 31.2 Å². The van der Waals surface area contributed by atoms with Crippen molar-refractivity contribution in [1.29, 1.82) is 0 Å². The van der Waals surface area contributed by atoms with E-state index in [2.05, 4.69) is 0 Å². The highest BCUT2D eigenvalue weighted by atomic mass is 35.5. The maximum Gasteiger partial charge on any atom is 0.155 e. The molecule has 4 nitrogen and oxygen atoms in total. The molecule has 1 aliphatic heterocycles. The molecule has 0 radical (unpaired) electrons. The van der Waals surface area contributed by atoms with E-state index in [0.717, 1.165) is 5.56 Å². The molecule has 0 saturated carbocycles. The van der Waals surface area contributed by atoms with E-state index in [1.807, 2.05) is 11.8 Å². The molecule has 3 atom stereocenters. The lowest BCUT2D eigenvalue weighted by Crippen LogP contribution is -2.53. The second kappa shape index (κ2) is 6.02. The molecule has 0 aromatic heterocycles. The summed E-state index contributed by atoms with van der Waals surface area (Å²) in [7, 11) is -2.99. The summed E-state index contributed by atoms with van der Waals surface area (Å²) < 4.78 is 23.7. The van der Waals surface area contributed by atoms with E-state index in [9.17, 15) is 13.5 Å². The first-order chi connectivity index (χ1) is 9.31. The molecule has 0 bridgehead atoms. The van der Waals surface area contributed by atoms with E-state index in [0.29, 0.717) is 18.1 Å². The predicted octanol–water partition coefficient (Wildman–Crippen LogP) is 1.88. The number of benzene rings is 1. The summed E-state index contributed by atoms with van der Waals surface area (Å²) in [5.74, 6) is 0.159. The third kappa shape index (κ3) is 3.34. The van der Waals surface area contributed by atoms with Crippen LogP contribution in [0, 0.1) is 0 Å². The quantitative estimate of drug-likeness (QED) is 0.925. The van der Waals surface area contributed by atoms with Crippen molar-refractivity contribution in [3.63, 3.8) is 0 Å². The zero-order valence-electron chi connectivity index (χ0n) is 11.7. The van der Waals surface area contributed by atoms with Gasteiger partial charge >= 0.3 is 0 Å². The van der Waals surface area contributed by atoms with Gasteiger partial charge in [0.1, 0.15) is 0 Å². The highest BCUT2D eigenvalue weighted by molar-refractivity contribution is 7.92. The van der Waals surface area contributed by atoms with Gasteiger partial charge in [0.15, 0.2) is 9.84 Å². The fourth-order valence-electron chi connectivity index (χ4n) is 2.50. The topological polar surface area (TPSA) is 57.6 Å². The van der Waals surface area contributed by atoms with Crippen molar-refractivity contribution in [3.8, 4) is 0 Å². The molecular weight excluding hydrogens is 298 g/mol. The van der Waals surface area contributed by atoms with Crippen LogP contribution in [0.15, 0.2) is 24.3 Å². The Kier molecular flexibility index (Phi) is 4.74. The molecule has 0 aliphatic carbocycles. The van der Waals surface area contributed by atoms with E-state index in [-0.39, 0.29) is 11.8 Å². The Bertz CT molecular complexity index is 558. The molecule has 2 rings (SSSR count). The van der Waals surface area contributed by atoms with E-state index < -0.39 is 21.2 Å². The van der Waals surface area contributed by atoms with Crippen LogP contribution < -0.4 is 0 Å². The lowest BCUT2D eigenvalue weighted by molar-refractivity contribution is 0.0910. The fourth-order valence-corrected chi connectivity index (χ4v) is 4.26. The number of rotatable bonds is 3. The molecule has 6 heteroatoms. The normalized spacial score (nSPS) is 28.2. The third-order valence-corrected chi connectivity index (χ3v) is 6.68. The first-order valence-electron chi connectivity index (χ1n) is 6.70. The minimum atomic E-state index is -2.99. The lowest BCUT2D eigenvalue weighted by Gasteiger charge is -2.38. The molecule has 1 heterocycles. The summed E-state index contributed by atoms with van der Waals surface area (Å²) in [4.78, 5) is 2.03. The summed E-state index contributed by atoms with van der Waals surface area (Å²) in [5.41, 5.74) is 0.794. The number of sulfone groups is 1. The molecular formula is C14H20ClNO3S. The number of aliphatic hydroxyl groups excluding tert-OH is 1. The van der Waals surface area contributed by atoms with Crippen molar-refractivity contribution in [1.82, 2.24) is 4.90 Å². The van der Waals surface area contributed by atoms with Crippen LogP contribution in [0.25, 0.3) is 0 Å². The van der Waals surface area contributed by atoms with Gasteiger partial charge in [0, 0.05) is 24.2 Å². The van der Waals surface area contributed by atoms with Gasteiger partial charge in [0.2, 0.25) is 0 Å². The van der Waals surface area contributed by atoms with Gasteiger partial charge in [-0.1, -0.05) is 23.7 Å². The second-order valence-corrected chi connectivity index (χ2v) is 8.29. The molecule has 1 fully saturated rings. The minimum absolute atomic E-state index is 0.0873. The lowest BCUT2D eigenvalue weighted by atomic mass is 10.1. The summed E-state index contributed by atoms with van der Waals surface area (Å²) in [6.45, 7) is 4.54. The minimum Gasteiger partial charge on any atom is -0.387 e. The number of nitrogens with zero attached hydrogens (tertiary/aromatic N) is 1. The van der Waals surface area contributed by atoms with Gasteiger partial charge in [-0.2, -0.15) is 0 Å². The Morgan fingerprint density at radius 2 is 1.95 bits per heavy atom. The van der Waals surface area contributed by atoms with Crippen LogP contribution in [0.3, 0.4) is 0 Å². The van der Waals surface area contributed by atoms with Gasteiger partial charge in [-0.3, -0.25) is 4.90 Å². The summed E-state index contributed by atoms with van der Waals surface area (Å²) in [6.07, 6.45) is -0.636. The Labute approximate surface area is 125 Å². The van der Waals surface area contributed by atoms with Crippen molar-refractivity contribution in [2.75, 3.05) is 18.8 Å². The number of halogens is 1. The van der Waals surface area contributed by atoms with Gasteiger partial charge in [-0.05, 0) is 31.5 Å². The highest BCUT2D eigenvalue weighted by Crippen LogP contribution is 2.23. The summed E-state index contributed by atoms with van der Waals surface area (Å²) in [5, 5.41) is 10.5. The van der Waals surface area contributed by atoms with Gasteiger partial charge in [0.25, 0.3) is 0 Å². The fraction of sp³-hybridized carbons (Fsp3) is 0.571. The standard InChI is InChI=1S/C14H20ClNO3S/c1-10-11(2)20(18,19)8-7-16(10)9-14(17)12-3-5-13(15)6-4-12/h3-6,10-11,14,17H,7-9H2,1-2H3. The summed E-state index contributed by atoms with van der Waals surface area (Å²) >= 11 is 5.82. The van der Waals surface area contributed by atoms with Crippen LogP contribution in [0.1, 0.15) is 25.5 Å². The zero-order chi connectivity index (χ0) is 14.9. The zero-order valence-corrected chi connectivity index (χ0v) is 13.2.